The number of carbonyl (C=O) groups is 3. The zero-order chi connectivity index (χ0) is 15.9. The molecule has 7 nitrogen and oxygen atoms in total. The molecular formula is C13H24N2O5. The predicted octanol–water partition coefficient (Wildman–Crippen LogP) is 1.22. The van der Waals surface area contributed by atoms with Crippen molar-refractivity contribution in [2.75, 3.05) is 13.7 Å². The Morgan fingerprint density at radius 3 is 2.25 bits per heavy atom. The Morgan fingerprint density at radius 1 is 1.35 bits per heavy atom. The Balaban J connectivity index is 4.98. The zero-order valence-corrected chi connectivity index (χ0v) is 12.7. The zero-order valence-electron chi connectivity index (χ0n) is 12.7. The molecule has 0 aliphatic carbocycles. The van der Waals surface area contributed by atoms with E-state index in [0.717, 1.165) is 0 Å². The molecule has 0 heterocycles. The highest BCUT2D eigenvalue weighted by Gasteiger charge is 2.36. The van der Waals surface area contributed by atoms with E-state index >= 15 is 0 Å². The van der Waals surface area contributed by atoms with Gasteiger partial charge in [0, 0.05) is 6.04 Å². The number of esters is 1. The van der Waals surface area contributed by atoms with Crippen molar-refractivity contribution in [3.8, 4) is 0 Å². The minimum absolute atomic E-state index is 0.220. The van der Waals surface area contributed by atoms with Crippen molar-refractivity contribution in [1.82, 2.24) is 10.2 Å². The first kappa shape index (κ1) is 18.2. The number of methoxy groups -OCH3 is 1. The molecule has 0 aromatic rings. The number of nitrogens with one attached hydrogen (secondary N) is 1. The molecule has 0 aromatic heterocycles. The molecule has 0 radical (unpaired) electrons. The summed E-state index contributed by atoms with van der Waals surface area (Å²) in [5.74, 6) is -1.66. The van der Waals surface area contributed by atoms with Gasteiger partial charge in [-0.25, -0.2) is 9.59 Å². The van der Waals surface area contributed by atoms with Gasteiger partial charge in [0.1, 0.15) is 12.1 Å². The van der Waals surface area contributed by atoms with Gasteiger partial charge in [-0.3, -0.25) is 4.79 Å². The smallest absolute Gasteiger partial charge is 0.329 e. The Morgan fingerprint density at radius 2 is 1.90 bits per heavy atom. The fourth-order valence-electron chi connectivity index (χ4n) is 1.72. The lowest BCUT2D eigenvalue weighted by molar-refractivity contribution is -0.144. The van der Waals surface area contributed by atoms with E-state index in [9.17, 15) is 19.5 Å². The monoisotopic (exact) mass is 288 g/mol. The summed E-state index contributed by atoms with van der Waals surface area (Å²) in [5.41, 5.74) is -1.35. The van der Waals surface area contributed by atoms with Gasteiger partial charge >= 0.3 is 18.0 Å². The average Bonchev–Trinajstić information content (AvgIpc) is 2.34. The quantitative estimate of drug-likeness (QED) is 0.687. The van der Waals surface area contributed by atoms with Gasteiger partial charge in [-0.15, -0.1) is 0 Å². The van der Waals surface area contributed by atoms with E-state index in [1.54, 1.807) is 13.8 Å². The topological polar surface area (TPSA) is 95.9 Å². The summed E-state index contributed by atoms with van der Waals surface area (Å²) < 4.78 is 4.53. The summed E-state index contributed by atoms with van der Waals surface area (Å²) in [4.78, 5) is 36.0. The van der Waals surface area contributed by atoms with Gasteiger partial charge in [-0.1, -0.05) is 13.3 Å². The lowest BCUT2D eigenvalue weighted by Crippen LogP contribution is -2.58. The number of ether oxygens (including phenoxy) is 1. The van der Waals surface area contributed by atoms with E-state index in [-0.39, 0.29) is 12.6 Å². The van der Waals surface area contributed by atoms with Crippen LogP contribution in [0.1, 0.15) is 40.5 Å². The Bertz CT molecular complexity index is 370. The molecule has 1 unspecified atom stereocenters. The molecule has 0 fully saturated rings. The first-order valence-electron chi connectivity index (χ1n) is 6.57. The Labute approximate surface area is 119 Å². The minimum Gasteiger partial charge on any atom is -0.480 e. The normalized spacial score (nSPS) is 13.5. The third-order valence-electron chi connectivity index (χ3n) is 3.02. The maximum Gasteiger partial charge on any atom is 0.329 e. The second kappa shape index (κ2) is 7.72. The number of hydrogen-bond acceptors (Lipinski definition) is 4. The van der Waals surface area contributed by atoms with Gasteiger partial charge in [0.25, 0.3) is 0 Å². The van der Waals surface area contributed by atoms with E-state index in [2.05, 4.69) is 10.1 Å². The van der Waals surface area contributed by atoms with Crippen LogP contribution in [0, 0.1) is 0 Å². The van der Waals surface area contributed by atoms with Crippen LogP contribution in [0.25, 0.3) is 0 Å². The van der Waals surface area contributed by atoms with E-state index in [0.29, 0.717) is 12.8 Å². The van der Waals surface area contributed by atoms with Crippen LogP contribution in [-0.2, 0) is 14.3 Å². The number of amides is 2. The molecule has 0 aromatic carbocycles. The van der Waals surface area contributed by atoms with Crippen molar-refractivity contribution in [3.05, 3.63) is 0 Å². The molecule has 0 rings (SSSR count). The summed E-state index contributed by atoms with van der Waals surface area (Å²) in [7, 11) is 1.23. The van der Waals surface area contributed by atoms with E-state index in [1.165, 1.54) is 18.9 Å². The number of rotatable bonds is 7. The average molecular weight is 288 g/mol. The van der Waals surface area contributed by atoms with Crippen LogP contribution in [0.2, 0.25) is 0 Å². The summed E-state index contributed by atoms with van der Waals surface area (Å²) in [5, 5.41) is 11.7. The van der Waals surface area contributed by atoms with Gasteiger partial charge in [0.15, 0.2) is 0 Å². The summed E-state index contributed by atoms with van der Waals surface area (Å²) in [6, 6.07) is -0.850. The van der Waals surface area contributed by atoms with Crippen LogP contribution in [0.3, 0.4) is 0 Å². The predicted molar refractivity (Wildman–Crippen MR) is 73.3 cm³/mol. The van der Waals surface area contributed by atoms with Crippen LogP contribution >= 0.6 is 0 Å². The molecule has 20 heavy (non-hydrogen) atoms. The van der Waals surface area contributed by atoms with Crippen molar-refractivity contribution in [2.24, 2.45) is 0 Å². The number of hydrogen-bond donors (Lipinski definition) is 2. The third kappa shape index (κ3) is 5.07. The molecule has 1 atom stereocenters. The molecular weight excluding hydrogens is 264 g/mol. The standard InChI is InChI=1S/C13H24N2O5/c1-6-7-13(4,11(17)18)14-12(19)15(9(2)3)8-10(16)20-5/h9H,6-8H2,1-5H3,(H,14,19)(H,17,18). The van der Waals surface area contributed by atoms with Crippen LogP contribution in [0.5, 0.6) is 0 Å². The Kier molecular flexibility index (Phi) is 7.02. The van der Waals surface area contributed by atoms with Gasteiger partial charge in [-0.05, 0) is 27.2 Å². The van der Waals surface area contributed by atoms with Gasteiger partial charge in [-0.2, -0.15) is 0 Å². The Hall–Kier alpha value is -1.79. The highest BCUT2D eigenvalue weighted by Crippen LogP contribution is 2.14. The summed E-state index contributed by atoms with van der Waals surface area (Å²) in [6.07, 6.45) is 0.917. The molecule has 2 N–H and O–H groups in total. The number of carbonyl (C=O) groups excluding carboxylic acids is 2. The second-order valence-corrected chi connectivity index (χ2v) is 5.12. The molecule has 116 valence electrons. The fourth-order valence-corrected chi connectivity index (χ4v) is 1.72. The maximum atomic E-state index is 12.2. The third-order valence-corrected chi connectivity index (χ3v) is 3.02. The van der Waals surface area contributed by atoms with Crippen molar-refractivity contribution >= 4 is 18.0 Å². The molecule has 0 aliphatic rings. The molecule has 0 aliphatic heterocycles. The molecule has 0 saturated carbocycles. The lowest BCUT2D eigenvalue weighted by Gasteiger charge is -2.32. The number of carboxylic acid groups (broad SMARTS) is 1. The van der Waals surface area contributed by atoms with Crippen LogP contribution < -0.4 is 5.32 Å². The molecule has 0 saturated heterocycles. The van der Waals surface area contributed by atoms with Crippen LogP contribution in [0.4, 0.5) is 4.79 Å². The van der Waals surface area contributed by atoms with E-state index < -0.39 is 23.5 Å². The first-order valence-corrected chi connectivity index (χ1v) is 6.57. The number of carboxylic acids is 1. The molecule has 2 amide bonds. The van der Waals surface area contributed by atoms with E-state index in [4.69, 9.17) is 0 Å². The molecule has 0 bridgehead atoms. The van der Waals surface area contributed by atoms with E-state index in [1.807, 2.05) is 6.92 Å². The second-order valence-electron chi connectivity index (χ2n) is 5.12. The van der Waals surface area contributed by atoms with Crippen molar-refractivity contribution in [1.29, 1.82) is 0 Å². The molecule has 7 heteroatoms. The first-order chi connectivity index (χ1) is 9.17. The number of urea groups is 1. The fraction of sp³-hybridized carbons (Fsp3) is 0.769. The lowest BCUT2D eigenvalue weighted by atomic mass is 9.96. The SMILES string of the molecule is CCCC(C)(NC(=O)N(CC(=O)OC)C(C)C)C(=O)O. The minimum atomic E-state index is -1.35. The van der Waals surface area contributed by atoms with Crippen LogP contribution in [0.15, 0.2) is 0 Å². The van der Waals surface area contributed by atoms with Crippen molar-refractivity contribution in [2.45, 2.75) is 52.1 Å². The number of nitrogens with zero attached hydrogens (tertiary/aromatic N) is 1. The summed E-state index contributed by atoms with van der Waals surface area (Å²) in [6.45, 7) is 6.54. The van der Waals surface area contributed by atoms with Crippen molar-refractivity contribution in [3.63, 3.8) is 0 Å². The van der Waals surface area contributed by atoms with Gasteiger partial charge < -0.3 is 20.1 Å². The summed E-state index contributed by atoms with van der Waals surface area (Å²) >= 11 is 0. The highest BCUT2D eigenvalue weighted by molar-refractivity contribution is 5.87. The largest absolute Gasteiger partial charge is 0.480 e. The number of aliphatic carboxylic acids is 1. The van der Waals surface area contributed by atoms with Crippen molar-refractivity contribution < 1.29 is 24.2 Å². The molecule has 0 spiro atoms. The van der Waals surface area contributed by atoms with Crippen LogP contribution in [-0.4, -0.2) is 53.2 Å². The van der Waals surface area contributed by atoms with Gasteiger partial charge in [0.05, 0.1) is 7.11 Å². The highest BCUT2D eigenvalue weighted by atomic mass is 16.5. The maximum absolute atomic E-state index is 12.2. The van der Waals surface area contributed by atoms with Gasteiger partial charge in [0.2, 0.25) is 0 Å².